The third-order valence-electron chi connectivity index (χ3n) is 2.32. The van der Waals surface area contributed by atoms with Gasteiger partial charge < -0.3 is 14.9 Å². The number of benzene rings is 1. The van der Waals surface area contributed by atoms with E-state index < -0.39 is 9.84 Å². The summed E-state index contributed by atoms with van der Waals surface area (Å²) in [7, 11) is -3.24. The number of ether oxygens (including phenoxy) is 1. The van der Waals surface area contributed by atoms with E-state index in [9.17, 15) is 8.42 Å². The van der Waals surface area contributed by atoms with Crippen LogP contribution in [0.3, 0.4) is 0 Å². The molecule has 0 atom stereocenters. The molecule has 0 radical (unpaired) electrons. The van der Waals surface area contributed by atoms with Crippen molar-refractivity contribution in [2.75, 3.05) is 19.4 Å². The molecule has 2 rings (SSSR count). The van der Waals surface area contributed by atoms with Gasteiger partial charge in [0.05, 0.1) is 11.5 Å². The molecule has 0 fully saturated rings. The van der Waals surface area contributed by atoms with Gasteiger partial charge in [0.2, 0.25) is 5.89 Å². The molecule has 98 valence electrons. The summed E-state index contributed by atoms with van der Waals surface area (Å²) < 4.78 is 33.4. The van der Waals surface area contributed by atoms with E-state index in [1.54, 1.807) is 6.07 Å². The Morgan fingerprint density at radius 3 is 2.89 bits per heavy atom. The second kappa shape index (κ2) is 5.05. The second-order valence-corrected chi connectivity index (χ2v) is 5.87. The lowest BCUT2D eigenvalue weighted by Crippen LogP contribution is -2.08. The Morgan fingerprint density at radius 1 is 1.44 bits per heavy atom. The molecule has 1 aromatic heterocycles. The highest BCUT2D eigenvalue weighted by atomic mass is 32.2. The third-order valence-corrected chi connectivity index (χ3v) is 3.43. The first-order chi connectivity index (χ1) is 8.50. The van der Waals surface area contributed by atoms with E-state index in [1.165, 1.54) is 12.1 Å². The molecule has 1 aromatic carbocycles. The van der Waals surface area contributed by atoms with Gasteiger partial charge in [-0.1, -0.05) is 0 Å². The van der Waals surface area contributed by atoms with Crippen LogP contribution in [-0.2, 0) is 21.2 Å². The van der Waals surface area contributed by atoms with Crippen LogP contribution in [0.5, 0.6) is 0 Å². The predicted molar refractivity (Wildman–Crippen MR) is 65.8 cm³/mol. The summed E-state index contributed by atoms with van der Waals surface area (Å²) in [5, 5.41) is 0. The molecule has 0 aliphatic carbocycles. The molecule has 1 heterocycles. The van der Waals surface area contributed by atoms with E-state index in [0.29, 0.717) is 30.1 Å². The van der Waals surface area contributed by atoms with Gasteiger partial charge in [-0.05, 0) is 18.2 Å². The van der Waals surface area contributed by atoms with Gasteiger partial charge in [-0.15, -0.1) is 0 Å². The first kappa shape index (κ1) is 13.0. The summed E-state index contributed by atoms with van der Waals surface area (Å²) in [5.74, 6) is 0.407. The van der Waals surface area contributed by atoms with Crippen molar-refractivity contribution in [3.05, 3.63) is 24.1 Å². The fraction of sp³-hybridized carbons (Fsp3) is 0.364. The van der Waals surface area contributed by atoms with Crippen LogP contribution in [0.4, 0.5) is 0 Å². The van der Waals surface area contributed by atoms with Crippen LogP contribution in [0, 0.1) is 0 Å². The Hall–Kier alpha value is -1.44. The zero-order valence-electron chi connectivity index (χ0n) is 9.92. The SMILES string of the molecule is CS(=O)(=O)c1ccc2oc(COCCN)nc2c1. The predicted octanol–water partition coefficient (Wildman–Crippen LogP) is 0.707. The van der Waals surface area contributed by atoms with Crippen molar-refractivity contribution in [2.45, 2.75) is 11.5 Å². The lowest BCUT2D eigenvalue weighted by atomic mass is 10.3. The molecule has 0 aliphatic heterocycles. The topological polar surface area (TPSA) is 95.4 Å². The monoisotopic (exact) mass is 270 g/mol. The maximum atomic E-state index is 11.4. The lowest BCUT2D eigenvalue weighted by Gasteiger charge is -1.96. The molecule has 0 bridgehead atoms. The zero-order valence-corrected chi connectivity index (χ0v) is 10.7. The summed E-state index contributed by atoms with van der Waals surface area (Å²) >= 11 is 0. The molecule has 6 nitrogen and oxygen atoms in total. The van der Waals surface area contributed by atoms with Gasteiger partial charge in [-0.2, -0.15) is 0 Å². The number of hydrogen-bond donors (Lipinski definition) is 1. The zero-order chi connectivity index (χ0) is 13.2. The van der Waals surface area contributed by atoms with Crippen LogP contribution in [0.15, 0.2) is 27.5 Å². The van der Waals surface area contributed by atoms with E-state index >= 15 is 0 Å². The molecule has 7 heteroatoms. The van der Waals surface area contributed by atoms with Crippen molar-refractivity contribution >= 4 is 20.9 Å². The summed E-state index contributed by atoms with van der Waals surface area (Å²) in [5.41, 5.74) is 6.33. The molecule has 0 unspecified atom stereocenters. The molecule has 18 heavy (non-hydrogen) atoms. The Bertz CT molecular complexity index is 648. The molecule has 0 spiro atoms. The van der Waals surface area contributed by atoms with Gasteiger partial charge in [0.15, 0.2) is 15.4 Å². The number of aromatic nitrogens is 1. The third kappa shape index (κ3) is 2.87. The average molecular weight is 270 g/mol. The van der Waals surface area contributed by atoms with E-state index in [4.69, 9.17) is 14.9 Å². The average Bonchev–Trinajstić information content (AvgIpc) is 2.69. The normalized spacial score (nSPS) is 12.1. The Kier molecular flexibility index (Phi) is 3.65. The van der Waals surface area contributed by atoms with Crippen molar-refractivity contribution in [1.29, 1.82) is 0 Å². The smallest absolute Gasteiger partial charge is 0.221 e. The van der Waals surface area contributed by atoms with Crippen LogP contribution < -0.4 is 5.73 Å². The number of nitrogens with two attached hydrogens (primary N) is 1. The van der Waals surface area contributed by atoms with Crippen molar-refractivity contribution < 1.29 is 17.6 Å². The maximum Gasteiger partial charge on any atom is 0.221 e. The molecule has 0 saturated heterocycles. The lowest BCUT2D eigenvalue weighted by molar-refractivity contribution is 0.110. The van der Waals surface area contributed by atoms with Crippen LogP contribution in [0.25, 0.3) is 11.1 Å². The van der Waals surface area contributed by atoms with Gasteiger partial charge >= 0.3 is 0 Å². The number of fused-ring (bicyclic) bond motifs is 1. The summed E-state index contributed by atoms with van der Waals surface area (Å²) in [6.07, 6.45) is 1.15. The molecule has 0 amide bonds. The minimum atomic E-state index is -3.24. The first-order valence-corrected chi connectivity index (χ1v) is 7.27. The minimum absolute atomic E-state index is 0.220. The van der Waals surface area contributed by atoms with Gasteiger partial charge in [0.25, 0.3) is 0 Å². The quantitative estimate of drug-likeness (QED) is 0.804. The van der Waals surface area contributed by atoms with E-state index in [0.717, 1.165) is 6.26 Å². The highest BCUT2D eigenvalue weighted by Gasteiger charge is 2.11. The van der Waals surface area contributed by atoms with Crippen molar-refractivity contribution in [3.8, 4) is 0 Å². The molecular formula is C11H14N2O4S. The highest BCUT2D eigenvalue weighted by Crippen LogP contribution is 2.20. The Morgan fingerprint density at radius 2 is 2.22 bits per heavy atom. The van der Waals surface area contributed by atoms with Crippen molar-refractivity contribution in [3.63, 3.8) is 0 Å². The molecule has 0 aliphatic rings. The van der Waals surface area contributed by atoms with E-state index in [1.807, 2.05) is 0 Å². The van der Waals surface area contributed by atoms with Crippen molar-refractivity contribution in [1.82, 2.24) is 4.98 Å². The fourth-order valence-electron chi connectivity index (χ4n) is 1.49. The van der Waals surface area contributed by atoms with E-state index in [-0.39, 0.29) is 11.5 Å². The Balaban J connectivity index is 2.28. The maximum absolute atomic E-state index is 11.4. The fourth-order valence-corrected chi connectivity index (χ4v) is 2.13. The number of oxazole rings is 1. The van der Waals surface area contributed by atoms with Crippen LogP contribution in [-0.4, -0.2) is 32.8 Å². The second-order valence-electron chi connectivity index (χ2n) is 3.85. The highest BCUT2D eigenvalue weighted by molar-refractivity contribution is 7.90. The first-order valence-electron chi connectivity index (χ1n) is 5.38. The minimum Gasteiger partial charge on any atom is -0.438 e. The van der Waals surface area contributed by atoms with Crippen LogP contribution in [0.1, 0.15) is 5.89 Å². The number of rotatable bonds is 5. The summed E-state index contributed by atoms with van der Waals surface area (Å²) in [6.45, 7) is 1.08. The molecule has 0 saturated carbocycles. The van der Waals surface area contributed by atoms with E-state index in [2.05, 4.69) is 4.98 Å². The van der Waals surface area contributed by atoms with Gasteiger partial charge in [-0.25, -0.2) is 13.4 Å². The van der Waals surface area contributed by atoms with Crippen LogP contribution >= 0.6 is 0 Å². The van der Waals surface area contributed by atoms with Gasteiger partial charge in [0.1, 0.15) is 12.1 Å². The molecule has 2 aromatic rings. The summed E-state index contributed by atoms with van der Waals surface area (Å²) in [4.78, 5) is 4.38. The number of sulfone groups is 1. The van der Waals surface area contributed by atoms with Crippen LogP contribution in [0.2, 0.25) is 0 Å². The molecule has 2 N–H and O–H groups in total. The number of hydrogen-bond acceptors (Lipinski definition) is 6. The Labute approximate surface area is 105 Å². The van der Waals surface area contributed by atoms with Crippen molar-refractivity contribution in [2.24, 2.45) is 5.73 Å². The summed E-state index contributed by atoms with van der Waals surface area (Å²) in [6, 6.07) is 4.57. The largest absolute Gasteiger partial charge is 0.438 e. The van der Waals surface area contributed by atoms with Gasteiger partial charge in [-0.3, -0.25) is 0 Å². The van der Waals surface area contributed by atoms with Gasteiger partial charge in [0, 0.05) is 12.8 Å². The molecular weight excluding hydrogens is 256 g/mol. The number of nitrogens with zero attached hydrogens (tertiary/aromatic N) is 1. The standard InChI is InChI=1S/C11H14N2O4S/c1-18(14,15)8-2-3-10-9(6-8)13-11(17-10)7-16-5-4-12/h2-3,6H,4-5,7,12H2,1H3.